The molecule has 0 saturated heterocycles. The molecule has 0 spiro atoms. The van der Waals surface area contributed by atoms with Gasteiger partial charge in [-0.3, -0.25) is 4.79 Å². The Kier molecular flexibility index (Phi) is 5.88. The van der Waals surface area contributed by atoms with Crippen molar-refractivity contribution in [3.63, 3.8) is 0 Å². The maximum absolute atomic E-state index is 11.9. The van der Waals surface area contributed by atoms with Crippen LogP contribution in [0, 0.1) is 0 Å². The number of thioether (sulfide) groups is 1. The second-order valence-electron chi connectivity index (χ2n) is 4.00. The molecule has 1 aromatic rings. The van der Waals surface area contributed by atoms with Gasteiger partial charge in [0.15, 0.2) is 0 Å². The highest BCUT2D eigenvalue weighted by atomic mass is 35.5. The van der Waals surface area contributed by atoms with Gasteiger partial charge >= 0.3 is 0 Å². The third kappa shape index (κ3) is 3.85. The van der Waals surface area contributed by atoms with Gasteiger partial charge in [-0.15, -0.1) is 0 Å². The van der Waals surface area contributed by atoms with E-state index in [0.29, 0.717) is 12.2 Å². The molecule has 0 radical (unpaired) electrons. The van der Waals surface area contributed by atoms with Gasteiger partial charge in [0, 0.05) is 11.3 Å². The molecule has 1 amide bonds. The third-order valence-corrected chi connectivity index (χ3v) is 4.93. The van der Waals surface area contributed by atoms with Crippen LogP contribution in [-0.4, -0.2) is 33.4 Å². The molecular weight excluding hydrogens is 270 g/mol. The fourth-order valence-electron chi connectivity index (χ4n) is 1.62. The van der Waals surface area contributed by atoms with Crippen molar-refractivity contribution in [1.29, 1.82) is 0 Å². The van der Waals surface area contributed by atoms with E-state index in [1.165, 1.54) is 12.4 Å². The number of hydrogen-bond donors (Lipinski definition) is 1. The summed E-state index contributed by atoms with van der Waals surface area (Å²) in [7, 11) is 0. The molecule has 0 aliphatic carbocycles. The smallest absolute Gasteiger partial charge is 0.271 e. The van der Waals surface area contributed by atoms with Crippen molar-refractivity contribution in [3.05, 3.63) is 23.2 Å². The number of carbonyl (C=O) groups is 1. The SMILES string of the molecule is CCC(CC)(CNC(=O)c1cnc(Cl)cn1)SC. The van der Waals surface area contributed by atoms with Crippen molar-refractivity contribution in [3.8, 4) is 0 Å². The molecule has 100 valence electrons. The van der Waals surface area contributed by atoms with Crippen molar-refractivity contribution in [1.82, 2.24) is 15.3 Å². The summed E-state index contributed by atoms with van der Waals surface area (Å²) in [6.45, 7) is 4.90. The van der Waals surface area contributed by atoms with E-state index >= 15 is 0 Å². The first-order valence-corrected chi connectivity index (χ1v) is 7.48. The van der Waals surface area contributed by atoms with Gasteiger partial charge in [-0.1, -0.05) is 25.4 Å². The van der Waals surface area contributed by atoms with E-state index in [2.05, 4.69) is 35.4 Å². The van der Waals surface area contributed by atoms with Crippen LogP contribution in [0.2, 0.25) is 5.15 Å². The van der Waals surface area contributed by atoms with Crippen molar-refractivity contribution in [2.45, 2.75) is 31.4 Å². The molecule has 1 aromatic heterocycles. The molecule has 6 heteroatoms. The molecule has 0 unspecified atom stereocenters. The number of carbonyl (C=O) groups excluding carboxylic acids is 1. The highest BCUT2D eigenvalue weighted by molar-refractivity contribution is 8.00. The molecule has 0 atom stereocenters. The van der Waals surface area contributed by atoms with Crippen molar-refractivity contribution < 1.29 is 4.79 Å². The normalized spacial score (nSPS) is 11.3. The Bertz CT molecular complexity index is 385. The van der Waals surface area contributed by atoms with Crippen LogP contribution in [0.3, 0.4) is 0 Å². The molecule has 0 aromatic carbocycles. The minimum absolute atomic E-state index is 0.0928. The van der Waals surface area contributed by atoms with Crippen LogP contribution >= 0.6 is 23.4 Å². The van der Waals surface area contributed by atoms with Gasteiger partial charge < -0.3 is 5.32 Å². The molecule has 0 aliphatic rings. The van der Waals surface area contributed by atoms with E-state index < -0.39 is 0 Å². The molecule has 1 heterocycles. The number of hydrogen-bond acceptors (Lipinski definition) is 4. The lowest BCUT2D eigenvalue weighted by Crippen LogP contribution is -2.39. The van der Waals surface area contributed by atoms with Crippen LogP contribution < -0.4 is 5.32 Å². The monoisotopic (exact) mass is 287 g/mol. The van der Waals surface area contributed by atoms with Gasteiger partial charge in [-0.25, -0.2) is 9.97 Å². The maximum atomic E-state index is 11.9. The van der Waals surface area contributed by atoms with Crippen LogP contribution in [-0.2, 0) is 0 Å². The fraction of sp³-hybridized carbons (Fsp3) is 0.583. The maximum Gasteiger partial charge on any atom is 0.271 e. The minimum atomic E-state index is -0.209. The van der Waals surface area contributed by atoms with Gasteiger partial charge in [0.2, 0.25) is 0 Å². The number of nitrogens with one attached hydrogen (secondary N) is 1. The summed E-state index contributed by atoms with van der Waals surface area (Å²) in [5.74, 6) is -0.209. The lowest BCUT2D eigenvalue weighted by atomic mass is 10.0. The zero-order valence-electron chi connectivity index (χ0n) is 10.9. The molecule has 0 fully saturated rings. The van der Waals surface area contributed by atoms with Crippen molar-refractivity contribution in [2.75, 3.05) is 12.8 Å². The van der Waals surface area contributed by atoms with E-state index in [0.717, 1.165) is 12.8 Å². The molecule has 0 aliphatic heterocycles. The van der Waals surface area contributed by atoms with Gasteiger partial charge in [0.25, 0.3) is 5.91 Å². The molecule has 0 saturated carbocycles. The topological polar surface area (TPSA) is 54.9 Å². The van der Waals surface area contributed by atoms with Crippen LogP contribution in [0.4, 0.5) is 0 Å². The van der Waals surface area contributed by atoms with E-state index in [1.807, 2.05) is 0 Å². The van der Waals surface area contributed by atoms with Gasteiger partial charge in [-0.2, -0.15) is 11.8 Å². The second kappa shape index (κ2) is 6.95. The number of halogens is 1. The quantitative estimate of drug-likeness (QED) is 0.874. The molecule has 1 N–H and O–H groups in total. The Morgan fingerprint density at radius 3 is 2.50 bits per heavy atom. The van der Waals surface area contributed by atoms with E-state index in [1.54, 1.807) is 11.8 Å². The predicted octanol–water partition coefficient (Wildman–Crippen LogP) is 2.78. The van der Waals surface area contributed by atoms with Gasteiger partial charge in [0.05, 0.1) is 12.4 Å². The Morgan fingerprint density at radius 1 is 1.39 bits per heavy atom. The lowest BCUT2D eigenvalue weighted by Gasteiger charge is -2.29. The van der Waals surface area contributed by atoms with E-state index in [-0.39, 0.29) is 15.8 Å². The summed E-state index contributed by atoms with van der Waals surface area (Å²) in [6.07, 6.45) is 6.85. The van der Waals surface area contributed by atoms with Crippen LogP contribution in [0.1, 0.15) is 37.2 Å². The molecule has 0 bridgehead atoms. The average Bonchev–Trinajstić information content (AvgIpc) is 2.41. The largest absolute Gasteiger partial charge is 0.349 e. The molecule has 1 rings (SSSR count). The highest BCUT2D eigenvalue weighted by Gasteiger charge is 2.25. The first kappa shape index (κ1) is 15.2. The summed E-state index contributed by atoms with van der Waals surface area (Å²) in [4.78, 5) is 19.7. The minimum Gasteiger partial charge on any atom is -0.349 e. The van der Waals surface area contributed by atoms with E-state index in [9.17, 15) is 4.79 Å². The van der Waals surface area contributed by atoms with Gasteiger partial charge in [-0.05, 0) is 19.1 Å². The first-order chi connectivity index (χ1) is 8.56. The van der Waals surface area contributed by atoms with Crippen molar-refractivity contribution in [2.24, 2.45) is 0 Å². The fourth-order valence-corrected chi connectivity index (χ4v) is 2.51. The Balaban J connectivity index is 2.63. The van der Waals surface area contributed by atoms with Gasteiger partial charge in [0.1, 0.15) is 10.8 Å². The zero-order chi connectivity index (χ0) is 13.6. The highest BCUT2D eigenvalue weighted by Crippen LogP contribution is 2.29. The lowest BCUT2D eigenvalue weighted by molar-refractivity contribution is 0.0943. The second-order valence-corrected chi connectivity index (χ2v) is 5.66. The Labute approximate surface area is 117 Å². The first-order valence-electron chi connectivity index (χ1n) is 5.87. The number of rotatable bonds is 6. The number of aromatic nitrogens is 2. The standard InChI is InChI=1S/C12H18ClN3OS/c1-4-12(5-2,18-3)8-16-11(17)9-6-15-10(13)7-14-9/h6-7H,4-5,8H2,1-3H3,(H,16,17). The Hall–Kier alpha value is -0.810. The van der Waals surface area contributed by atoms with Crippen molar-refractivity contribution >= 4 is 29.3 Å². The van der Waals surface area contributed by atoms with Crippen LogP contribution in [0.5, 0.6) is 0 Å². The average molecular weight is 288 g/mol. The Morgan fingerprint density at radius 2 is 2.06 bits per heavy atom. The molecular formula is C12H18ClN3OS. The summed E-state index contributed by atoms with van der Waals surface area (Å²) in [6, 6.07) is 0. The summed E-state index contributed by atoms with van der Waals surface area (Å²) < 4.78 is 0.0928. The summed E-state index contributed by atoms with van der Waals surface area (Å²) in [5.41, 5.74) is 0.293. The summed E-state index contributed by atoms with van der Waals surface area (Å²) >= 11 is 7.41. The van der Waals surface area contributed by atoms with E-state index in [4.69, 9.17) is 11.6 Å². The molecule has 18 heavy (non-hydrogen) atoms. The summed E-state index contributed by atoms with van der Waals surface area (Å²) in [5, 5.41) is 3.19. The molecule has 4 nitrogen and oxygen atoms in total. The number of amides is 1. The zero-order valence-corrected chi connectivity index (χ0v) is 12.4. The third-order valence-electron chi connectivity index (χ3n) is 3.15. The van der Waals surface area contributed by atoms with Crippen LogP contribution in [0.15, 0.2) is 12.4 Å². The predicted molar refractivity (Wildman–Crippen MR) is 76.2 cm³/mol. The van der Waals surface area contributed by atoms with Crippen LogP contribution in [0.25, 0.3) is 0 Å². The number of nitrogens with zero attached hydrogens (tertiary/aromatic N) is 2.